The van der Waals surface area contributed by atoms with E-state index in [-0.39, 0.29) is 43.4 Å². The largest absolute Gasteiger partial charge is 0.508 e. The minimum Gasteiger partial charge on any atom is -0.508 e. The number of aromatic nitrogens is 1. The van der Waals surface area contributed by atoms with E-state index in [0.29, 0.717) is 17.1 Å². The van der Waals surface area contributed by atoms with Crippen LogP contribution < -0.4 is 16.4 Å². The molecule has 5 N–H and O–H groups in total. The Hall–Kier alpha value is -2.94. The van der Waals surface area contributed by atoms with Crippen LogP contribution in [-0.2, 0) is 27.2 Å². The summed E-state index contributed by atoms with van der Waals surface area (Å²) in [5.41, 5.74) is 6.96. The van der Waals surface area contributed by atoms with Crippen LogP contribution in [0.1, 0.15) is 22.4 Å². The van der Waals surface area contributed by atoms with Gasteiger partial charge in [0.15, 0.2) is 10.9 Å². The van der Waals surface area contributed by atoms with Crippen LogP contribution >= 0.6 is 11.3 Å². The molecule has 142 valence electrons. The summed E-state index contributed by atoms with van der Waals surface area (Å²) >= 11 is 1.38. The molecule has 1 aliphatic heterocycles. The molecule has 2 amide bonds. The minimum atomic E-state index is -0.673. The van der Waals surface area contributed by atoms with Crippen molar-refractivity contribution < 1.29 is 19.5 Å². The Bertz CT molecular complexity index is 880. The van der Waals surface area contributed by atoms with Crippen molar-refractivity contribution in [3.8, 4) is 5.75 Å². The summed E-state index contributed by atoms with van der Waals surface area (Å²) < 4.78 is 0. The maximum absolute atomic E-state index is 12.1. The fraction of sp³-hybridized carbons (Fsp3) is 0.333. The molecule has 0 saturated heterocycles. The summed E-state index contributed by atoms with van der Waals surface area (Å²) in [7, 11) is 0. The molecule has 4 bridgehead atoms. The molecule has 1 aromatic carbocycles. The van der Waals surface area contributed by atoms with Crippen molar-refractivity contribution in [3.05, 3.63) is 40.4 Å². The van der Waals surface area contributed by atoms with E-state index >= 15 is 0 Å². The van der Waals surface area contributed by atoms with Gasteiger partial charge in [-0.3, -0.25) is 14.4 Å². The van der Waals surface area contributed by atoms with Crippen molar-refractivity contribution in [3.63, 3.8) is 0 Å². The number of phenols is 1. The molecular weight excluding hydrogens is 368 g/mol. The zero-order valence-electron chi connectivity index (χ0n) is 14.5. The number of carbonyl (C=O) groups is 3. The van der Waals surface area contributed by atoms with Crippen LogP contribution in [0.25, 0.3) is 0 Å². The first kappa shape index (κ1) is 18.8. The highest BCUT2D eigenvalue weighted by Crippen LogP contribution is 2.27. The van der Waals surface area contributed by atoms with Crippen LogP contribution in [0.5, 0.6) is 5.75 Å². The summed E-state index contributed by atoms with van der Waals surface area (Å²) in [6, 6.07) is 5.11. The van der Waals surface area contributed by atoms with Crippen molar-refractivity contribution in [1.82, 2.24) is 10.3 Å². The number of Topliss-reactive ketones (excluding diaryl/α,β-unsaturated/α-hetero) is 1. The third-order valence-electron chi connectivity index (χ3n) is 4.30. The van der Waals surface area contributed by atoms with Crippen molar-refractivity contribution in [2.24, 2.45) is 11.7 Å². The molecule has 1 atom stereocenters. The SMILES string of the molecule is NC(=O)[C@H]1CC(=O)CNC(=O)CNc2ncc(s2)Cc2cc(ccc2O)C1. The van der Waals surface area contributed by atoms with Gasteiger partial charge in [-0.1, -0.05) is 12.1 Å². The molecule has 2 heterocycles. The highest BCUT2D eigenvalue weighted by molar-refractivity contribution is 7.15. The highest BCUT2D eigenvalue weighted by atomic mass is 32.1. The second-order valence-corrected chi connectivity index (χ2v) is 7.56. The number of anilines is 1. The van der Waals surface area contributed by atoms with Gasteiger partial charge in [-0.05, 0) is 23.6 Å². The lowest BCUT2D eigenvalue weighted by Crippen LogP contribution is -2.36. The van der Waals surface area contributed by atoms with Gasteiger partial charge in [-0.2, -0.15) is 0 Å². The van der Waals surface area contributed by atoms with Crippen LogP contribution in [-0.4, -0.2) is 40.8 Å². The topological polar surface area (TPSA) is 134 Å². The van der Waals surface area contributed by atoms with Crippen molar-refractivity contribution in [2.75, 3.05) is 18.4 Å². The molecule has 0 spiro atoms. The van der Waals surface area contributed by atoms with Crippen molar-refractivity contribution in [1.29, 1.82) is 0 Å². The molecule has 0 saturated carbocycles. The molecule has 0 aliphatic carbocycles. The second-order valence-electron chi connectivity index (χ2n) is 6.45. The number of rotatable bonds is 1. The number of primary amides is 1. The number of aromatic hydroxyl groups is 1. The Balaban J connectivity index is 1.91. The van der Waals surface area contributed by atoms with E-state index in [1.807, 2.05) is 6.07 Å². The fourth-order valence-electron chi connectivity index (χ4n) is 2.89. The van der Waals surface area contributed by atoms with Gasteiger partial charge >= 0.3 is 0 Å². The predicted octanol–water partition coefficient (Wildman–Crippen LogP) is 0.584. The number of amides is 2. The van der Waals surface area contributed by atoms with E-state index in [0.717, 1.165) is 10.4 Å². The Morgan fingerprint density at radius 2 is 2.04 bits per heavy atom. The number of ketones is 1. The third kappa shape index (κ3) is 5.04. The fourth-order valence-corrected chi connectivity index (χ4v) is 3.72. The summed E-state index contributed by atoms with van der Waals surface area (Å²) in [6.45, 7) is -0.172. The van der Waals surface area contributed by atoms with Gasteiger partial charge in [-0.25, -0.2) is 4.98 Å². The van der Waals surface area contributed by atoms with E-state index in [9.17, 15) is 19.5 Å². The summed E-state index contributed by atoms with van der Waals surface area (Å²) in [4.78, 5) is 40.9. The molecule has 0 unspecified atom stereocenters. The summed E-state index contributed by atoms with van der Waals surface area (Å²) in [5.74, 6) is -1.71. The normalized spacial score (nSPS) is 18.4. The standard InChI is InChI=1S/C18H20N4O4S/c19-17(26)12-4-10-1-2-15(24)11(3-10)6-14-8-21-18(27-14)22-9-16(25)20-7-13(23)5-12/h1-3,8,12,24H,4-7,9H2,(H2,19,26)(H,20,25)(H,21,22)/t12-/m1/s1. The maximum Gasteiger partial charge on any atom is 0.239 e. The number of nitrogens with two attached hydrogens (primary N) is 1. The van der Waals surface area contributed by atoms with Crippen molar-refractivity contribution >= 4 is 34.1 Å². The van der Waals surface area contributed by atoms with Crippen LogP contribution in [0.3, 0.4) is 0 Å². The number of nitrogens with one attached hydrogen (secondary N) is 2. The number of nitrogens with zero attached hydrogens (tertiary/aromatic N) is 1. The Morgan fingerprint density at radius 3 is 2.81 bits per heavy atom. The summed E-state index contributed by atoms with van der Waals surface area (Å²) in [5, 5.41) is 16.2. The highest BCUT2D eigenvalue weighted by Gasteiger charge is 2.21. The van der Waals surface area contributed by atoms with Gasteiger partial charge in [0.1, 0.15) is 5.75 Å². The van der Waals surface area contributed by atoms with Crippen LogP contribution in [0, 0.1) is 5.92 Å². The molecule has 2 aromatic rings. The van der Waals surface area contributed by atoms with Crippen LogP contribution in [0.15, 0.2) is 24.4 Å². The lowest BCUT2D eigenvalue weighted by atomic mass is 9.92. The first-order chi connectivity index (χ1) is 12.9. The van der Waals surface area contributed by atoms with Gasteiger partial charge in [0.25, 0.3) is 0 Å². The molecule has 1 aliphatic rings. The minimum absolute atomic E-state index is 0.0137. The van der Waals surface area contributed by atoms with Gasteiger partial charge in [0.2, 0.25) is 11.8 Å². The smallest absolute Gasteiger partial charge is 0.239 e. The first-order valence-corrected chi connectivity index (χ1v) is 9.29. The van der Waals surface area contributed by atoms with E-state index in [1.165, 1.54) is 11.3 Å². The molecule has 0 fully saturated rings. The molecule has 1 aromatic heterocycles. The monoisotopic (exact) mass is 388 g/mol. The predicted molar refractivity (Wildman–Crippen MR) is 101 cm³/mol. The first-order valence-electron chi connectivity index (χ1n) is 8.48. The number of hydrogen-bond acceptors (Lipinski definition) is 7. The Morgan fingerprint density at radius 1 is 1.22 bits per heavy atom. The average molecular weight is 388 g/mol. The molecule has 8 nitrogen and oxygen atoms in total. The molecule has 0 radical (unpaired) electrons. The lowest BCUT2D eigenvalue weighted by Gasteiger charge is -2.15. The average Bonchev–Trinajstić information content (AvgIpc) is 3.07. The van der Waals surface area contributed by atoms with Crippen molar-refractivity contribution in [2.45, 2.75) is 19.3 Å². The summed E-state index contributed by atoms with van der Waals surface area (Å²) in [6.07, 6.45) is 2.39. The van der Waals surface area contributed by atoms with Gasteiger partial charge < -0.3 is 21.5 Å². The third-order valence-corrected chi connectivity index (χ3v) is 5.26. The number of hydrogen-bond donors (Lipinski definition) is 4. The maximum atomic E-state index is 12.1. The molecular formula is C18H20N4O4S. The van der Waals surface area contributed by atoms with Gasteiger partial charge in [0.05, 0.1) is 13.1 Å². The Labute approximate surface area is 159 Å². The number of carbonyl (C=O) groups excluding carboxylic acids is 3. The van der Waals surface area contributed by atoms with E-state index in [2.05, 4.69) is 15.6 Å². The van der Waals surface area contributed by atoms with Gasteiger partial charge in [0, 0.05) is 29.8 Å². The zero-order valence-corrected chi connectivity index (χ0v) is 15.3. The Kier molecular flexibility index (Phi) is 5.70. The molecule has 27 heavy (non-hydrogen) atoms. The number of fused-ring (bicyclic) bond motifs is 4. The van der Waals surface area contributed by atoms with Gasteiger partial charge in [-0.15, -0.1) is 11.3 Å². The van der Waals surface area contributed by atoms with E-state index in [4.69, 9.17) is 5.73 Å². The zero-order chi connectivity index (χ0) is 19.4. The molecule has 9 heteroatoms. The van der Waals surface area contributed by atoms with Crippen LogP contribution in [0.4, 0.5) is 5.13 Å². The number of thiazole rings is 1. The number of phenolic OH excluding ortho intramolecular Hbond substituents is 1. The quantitative estimate of drug-likeness (QED) is 0.565. The molecule has 3 rings (SSSR count). The van der Waals surface area contributed by atoms with E-state index in [1.54, 1.807) is 18.3 Å². The lowest BCUT2D eigenvalue weighted by molar-refractivity contribution is -0.128. The van der Waals surface area contributed by atoms with Crippen LogP contribution in [0.2, 0.25) is 0 Å². The second kappa shape index (κ2) is 8.17. The number of benzene rings is 1. The van der Waals surface area contributed by atoms with E-state index < -0.39 is 11.8 Å².